The van der Waals surface area contributed by atoms with E-state index in [9.17, 15) is 19.4 Å². The topological polar surface area (TPSA) is 70.0 Å². The van der Waals surface area contributed by atoms with Gasteiger partial charge in [-0.25, -0.2) is 4.39 Å². The lowest BCUT2D eigenvalue weighted by Gasteiger charge is -2.33. The van der Waals surface area contributed by atoms with E-state index in [1.165, 1.54) is 12.1 Å². The summed E-state index contributed by atoms with van der Waals surface area (Å²) in [6.45, 7) is 0.625. The van der Waals surface area contributed by atoms with Crippen molar-refractivity contribution < 1.29 is 24.1 Å². The minimum atomic E-state index is -1.14. The second kappa shape index (κ2) is 7.30. The Kier molecular flexibility index (Phi) is 5.29. The van der Waals surface area contributed by atoms with Crippen molar-refractivity contribution in [1.29, 1.82) is 0 Å². The third kappa shape index (κ3) is 4.70. The van der Waals surface area contributed by atoms with Crippen LogP contribution in [0.15, 0.2) is 24.3 Å². The van der Waals surface area contributed by atoms with Crippen molar-refractivity contribution in [3.8, 4) is 5.75 Å². The minimum absolute atomic E-state index is 0.00447. The van der Waals surface area contributed by atoms with E-state index in [2.05, 4.69) is 0 Å². The van der Waals surface area contributed by atoms with Crippen molar-refractivity contribution in [1.82, 2.24) is 4.90 Å². The molecular formula is C19H26FNO4. The quantitative estimate of drug-likeness (QED) is 0.854. The molecule has 2 fully saturated rings. The van der Waals surface area contributed by atoms with Gasteiger partial charge in [0.05, 0.1) is 18.6 Å². The Hall–Kier alpha value is -1.66. The van der Waals surface area contributed by atoms with Crippen LogP contribution in [0.1, 0.15) is 44.9 Å². The largest absolute Gasteiger partial charge is 0.490 e. The molecule has 1 saturated carbocycles. The molecule has 1 aliphatic carbocycles. The van der Waals surface area contributed by atoms with E-state index >= 15 is 0 Å². The third-order valence-electron chi connectivity index (χ3n) is 5.25. The van der Waals surface area contributed by atoms with Crippen LogP contribution in [0, 0.1) is 5.82 Å². The van der Waals surface area contributed by atoms with Crippen LogP contribution >= 0.6 is 0 Å². The second-order valence-electron chi connectivity index (χ2n) is 7.50. The van der Waals surface area contributed by atoms with Gasteiger partial charge in [-0.1, -0.05) is 25.3 Å². The number of amides is 1. The molecular weight excluding hydrogens is 325 g/mol. The van der Waals surface area contributed by atoms with Gasteiger partial charge in [0.2, 0.25) is 5.91 Å². The molecule has 0 spiro atoms. The van der Waals surface area contributed by atoms with Gasteiger partial charge < -0.3 is 19.8 Å². The average Bonchev–Trinajstić information content (AvgIpc) is 2.97. The van der Waals surface area contributed by atoms with Crippen LogP contribution in [-0.4, -0.2) is 51.9 Å². The summed E-state index contributed by atoms with van der Waals surface area (Å²) in [6.07, 6.45) is 4.88. The lowest BCUT2D eigenvalue weighted by molar-refractivity contribution is -0.138. The predicted octanol–water partition coefficient (Wildman–Crippen LogP) is 2.25. The zero-order valence-corrected chi connectivity index (χ0v) is 14.4. The molecule has 1 amide bonds. The summed E-state index contributed by atoms with van der Waals surface area (Å²) in [5, 5.41) is 21.2. The van der Waals surface area contributed by atoms with Crippen LogP contribution in [0.25, 0.3) is 0 Å². The van der Waals surface area contributed by atoms with E-state index in [0.717, 1.165) is 19.3 Å². The molecule has 1 aromatic carbocycles. The molecule has 0 bridgehead atoms. The normalized spacial score (nSPS) is 25.8. The van der Waals surface area contributed by atoms with Gasteiger partial charge in [0.15, 0.2) is 0 Å². The molecule has 6 heteroatoms. The molecule has 25 heavy (non-hydrogen) atoms. The molecule has 1 aliphatic heterocycles. The monoisotopic (exact) mass is 351 g/mol. The molecule has 1 aromatic rings. The molecule has 3 rings (SSSR count). The SMILES string of the molecule is O=C(CC1(O)CCCCC1)N1CC[C@](O)(COc2cccc(F)c2)C1. The van der Waals surface area contributed by atoms with Crippen LogP contribution in [0.3, 0.4) is 0 Å². The molecule has 1 saturated heterocycles. The number of rotatable bonds is 5. The lowest BCUT2D eigenvalue weighted by atomic mass is 9.82. The van der Waals surface area contributed by atoms with Crippen LogP contribution in [0.5, 0.6) is 5.75 Å². The number of hydrogen-bond acceptors (Lipinski definition) is 4. The zero-order chi connectivity index (χ0) is 17.9. The van der Waals surface area contributed by atoms with Gasteiger partial charge in [-0.15, -0.1) is 0 Å². The number of ether oxygens (including phenoxy) is 1. The standard InChI is InChI=1S/C19H26FNO4/c20-15-5-4-6-16(11-15)25-14-19(24)9-10-21(13-19)17(22)12-18(23)7-2-1-3-8-18/h4-6,11,23-24H,1-3,7-10,12-14H2/t19-/m1/s1. The number of hydrogen-bond donors (Lipinski definition) is 2. The molecule has 0 radical (unpaired) electrons. The molecule has 138 valence electrons. The highest BCUT2D eigenvalue weighted by molar-refractivity contribution is 5.77. The first-order chi connectivity index (χ1) is 11.9. The van der Waals surface area contributed by atoms with Crippen molar-refractivity contribution >= 4 is 5.91 Å². The summed E-state index contributed by atoms with van der Waals surface area (Å²) >= 11 is 0. The molecule has 2 aliphatic rings. The summed E-state index contributed by atoms with van der Waals surface area (Å²) < 4.78 is 18.7. The number of benzene rings is 1. The Balaban J connectivity index is 1.52. The van der Waals surface area contributed by atoms with Crippen molar-refractivity contribution in [3.05, 3.63) is 30.1 Å². The predicted molar refractivity (Wildman–Crippen MR) is 90.7 cm³/mol. The van der Waals surface area contributed by atoms with Gasteiger partial charge in [-0.05, 0) is 31.4 Å². The maximum atomic E-state index is 13.2. The fraction of sp³-hybridized carbons (Fsp3) is 0.632. The van der Waals surface area contributed by atoms with Crippen LogP contribution in [0.4, 0.5) is 4.39 Å². The number of aliphatic hydroxyl groups is 2. The Bertz CT molecular complexity index is 617. The van der Waals surface area contributed by atoms with Crippen molar-refractivity contribution in [2.45, 2.75) is 56.1 Å². The minimum Gasteiger partial charge on any atom is -0.490 e. The smallest absolute Gasteiger partial charge is 0.225 e. The van der Waals surface area contributed by atoms with Crippen molar-refractivity contribution in [3.63, 3.8) is 0 Å². The summed E-state index contributed by atoms with van der Waals surface area (Å²) in [4.78, 5) is 14.1. The van der Waals surface area contributed by atoms with Crippen LogP contribution in [0.2, 0.25) is 0 Å². The first-order valence-electron chi connectivity index (χ1n) is 8.99. The molecule has 0 unspecified atom stereocenters. The van der Waals surface area contributed by atoms with Gasteiger partial charge in [-0.2, -0.15) is 0 Å². The highest BCUT2D eigenvalue weighted by Crippen LogP contribution is 2.32. The lowest BCUT2D eigenvalue weighted by Crippen LogP contribution is -2.43. The number of halogens is 1. The number of β-amino-alcohol motifs (C(OH)–C–C–N with tert-alkyl or cyclic N) is 1. The Morgan fingerprint density at radius 2 is 1.92 bits per heavy atom. The molecule has 5 nitrogen and oxygen atoms in total. The van der Waals surface area contributed by atoms with Gasteiger partial charge in [0, 0.05) is 12.6 Å². The maximum absolute atomic E-state index is 13.2. The van der Waals surface area contributed by atoms with Crippen molar-refractivity contribution in [2.24, 2.45) is 0 Å². The van der Waals surface area contributed by atoms with E-state index in [1.807, 2.05) is 0 Å². The molecule has 2 N–H and O–H groups in total. The van der Waals surface area contributed by atoms with E-state index in [1.54, 1.807) is 17.0 Å². The summed E-state index contributed by atoms with van der Waals surface area (Å²) in [5.41, 5.74) is -2.04. The first-order valence-corrected chi connectivity index (χ1v) is 8.99. The molecule has 0 aromatic heterocycles. The summed E-state index contributed by atoms with van der Waals surface area (Å²) in [7, 11) is 0. The van der Waals surface area contributed by atoms with Gasteiger partial charge in [0.1, 0.15) is 23.8 Å². The van der Waals surface area contributed by atoms with Gasteiger partial charge >= 0.3 is 0 Å². The second-order valence-corrected chi connectivity index (χ2v) is 7.50. The Labute approximate surface area is 147 Å². The maximum Gasteiger partial charge on any atom is 0.225 e. The van der Waals surface area contributed by atoms with Gasteiger partial charge in [0.25, 0.3) is 0 Å². The van der Waals surface area contributed by atoms with Crippen molar-refractivity contribution in [2.75, 3.05) is 19.7 Å². The van der Waals surface area contributed by atoms with E-state index < -0.39 is 17.0 Å². The number of likely N-dealkylation sites (tertiary alicyclic amines) is 1. The van der Waals surface area contributed by atoms with E-state index in [0.29, 0.717) is 31.6 Å². The summed E-state index contributed by atoms with van der Waals surface area (Å²) in [6, 6.07) is 5.76. The third-order valence-corrected chi connectivity index (χ3v) is 5.25. The zero-order valence-electron chi connectivity index (χ0n) is 14.4. The highest BCUT2D eigenvalue weighted by atomic mass is 19.1. The molecule has 1 atom stereocenters. The fourth-order valence-electron chi connectivity index (χ4n) is 3.74. The van der Waals surface area contributed by atoms with Crippen LogP contribution in [-0.2, 0) is 4.79 Å². The van der Waals surface area contributed by atoms with E-state index in [4.69, 9.17) is 4.74 Å². The Morgan fingerprint density at radius 1 is 1.16 bits per heavy atom. The fourth-order valence-corrected chi connectivity index (χ4v) is 3.74. The number of nitrogens with zero attached hydrogens (tertiary/aromatic N) is 1. The first kappa shape index (κ1) is 18.1. The van der Waals surface area contributed by atoms with E-state index in [-0.39, 0.29) is 25.5 Å². The number of carbonyl (C=O) groups is 1. The van der Waals surface area contributed by atoms with Gasteiger partial charge in [-0.3, -0.25) is 4.79 Å². The highest BCUT2D eigenvalue weighted by Gasteiger charge is 2.41. The molecule has 1 heterocycles. The average molecular weight is 351 g/mol. The number of carbonyl (C=O) groups excluding carboxylic acids is 1. The van der Waals surface area contributed by atoms with Crippen LogP contribution < -0.4 is 4.74 Å². The summed E-state index contributed by atoms with van der Waals surface area (Å²) in [5.74, 6) is -0.158. The Morgan fingerprint density at radius 3 is 2.64 bits per heavy atom.